The highest BCUT2D eigenvalue weighted by atomic mass is 19.1. The highest BCUT2D eigenvalue weighted by molar-refractivity contribution is 5.83. The summed E-state index contributed by atoms with van der Waals surface area (Å²) in [5, 5.41) is 19.7. The molecule has 0 bridgehead atoms. The van der Waals surface area contributed by atoms with E-state index < -0.39 is 18.2 Å². The topological polar surface area (TPSA) is 64.0 Å². The molecule has 3 rings (SSSR count). The van der Waals surface area contributed by atoms with Gasteiger partial charge in [-0.1, -0.05) is 18.2 Å². The maximum absolute atomic E-state index is 14.2. The van der Waals surface area contributed by atoms with Gasteiger partial charge in [0, 0.05) is 18.7 Å². The average molecular weight is 336 g/mol. The SMILES string of the molecule is CN(C)[C@@H](C(=O)N1C[C@H]2C[C@H](O)[C@H](O)C[C@H]2C1)c1ccccc1F. The molecule has 5 nitrogen and oxygen atoms in total. The van der Waals surface area contributed by atoms with E-state index in [0.717, 1.165) is 0 Å². The molecule has 0 radical (unpaired) electrons. The standard InChI is InChI=1S/C18H25FN2O3/c1-20(2)17(13-5-3-4-6-14(13)19)18(24)21-9-11-7-15(22)16(23)8-12(11)10-21/h3-6,11-12,15-17,22-23H,7-10H2,1-2H3/t11-,12+,15+,16-,17-/m1/s1. The lowest BCUT2D eigenvalue weighted by atomic mass is 9.79. The van der Waals surface area contributed by atoms with E-state index in [-0.39, 0.29) is 23.6 Å². The number of aliphatic hydroxyl groups is 2. The van der Waals surface area contributed by atoms with E-state index >= 15 is 0 Å². The summed E-state index contributed by atoms with van der Waals surface area (Å²) in [6, 6.07) is 5.70. The summed E-state index contributed by atoms with van der Waals surface area (Å²) in [6.45, 7) is 1.12. The van der Waals surface area contributed by atoms with Crippen LogP contribution in [0.4, 0.5) is 4.39 Å². The van der Waals surface area contributed by atoms with Crippen molar-refractivity contribution in [1.29, 1.82) is 0 Å². The Morgan fingerprint density at radius 3 is 2.21 bits per heavy atom. The molecule has 2 N–H and O–H groups in total. The molecule has 1 amide bonds. The van der Waals surface area contributed by atoms with Gasteiger partial charge in [-0.3, -0.25) is 9.69 Å². The smallest absolute Gasteiger partial charge is 0.244 e. The molecule has 0 unspecified atom stereocenters. The summed E-state index contributed by atoms with van der Waals surface area (Å²) in [7, 11) is 3.54. The first-order valence-electron chi connectivity index (χ1n) is 8.44. The first kappa shape index (κ1) is 17.3. The summed E-state index contributed by atoms with van der Waals surface area (Å²) in [4.78, 5) is 16.5. The number of hydrogen-bond donors (Lipinski definition) is 2. The number of halogens is 1. The third-order valence-electron chi connectivity index (χ3n) is 5.37. The van der Waals surface area contributed by atoms with Crippen LogP contribution in [0.25, 0.3) is 0 Å². The maximum atomic E-state index is 14.2. The molecule has 5 atom stereocenters. The lowest BCUT2D eigenvalue weighted by Gasteiger charge is -2.31. The molecule has 1 aromatic carbocycles. The average Bonchev–Trinajstić information content (AvgIpc) is 2.92. The Morgan fingerprint density at radius 2 is 1.71 bits per heavy atom. The predicted molar refractivity (Wildman–Crippen MR) is 87.6 cm³/mol. The van der Waals surface area contributed by atoms with Gasteiger partial charge in [-0.25, -0.2) is 4.39 Å². The molecule has 132 valence electrons. The van der Waals surface area contributed by atoms with Gasteiger partial charge in [0.1, 0.15) is 11.9 Å². The van der Waals surface area contributed by atoms with Gasteiger partial charge in [0.15, 0.2) is 0 Å². The van der Waals surface area contributed by atoms with Crippen molar-refractivity contribution in [2.24, 2.45) is 11.8 Å². The second-order valence-electron chi connectivity index (χ2n) is 7.26. The number of aliphatic hydroxyl groups excluding tert-OH is 2. The van der Waals surface area contributed by atoms with Crippen LogP contribution in [0.5, 0.6) is 0 Å². The van der Waals surface area contributed by atoms with E-state index in [4.69, 9.17) is 0 Å². The lowest BCUT2D eigenvalue weighted by Crippen LogP contribution is -2.40. The molecule has 1 heterocycles. The van der Waals surface area contributed by atoms with Crippen LogP contribution in [0.3, 0.4) is 0 Å². The molecule has 1 saturated carbocycles. The highest BCUT2D eigenvalue weighted by Crippen LogP contribution is 2.38. The monoisotopic (exact) mass is 336 g/mol. The fraction of sp³-hybridized carbons (Fsp3) is 0.611. The van der Waals surface area contributed by atoms with Crippen molar-refractivity contribution in [3.63, 3.8) is 0 Å². The molecule has 6 heteroatoms. The Hall–Kier alpha value is -1.50. The number of fused-ring (bicyclic) bond motifs is 1. The third kappa shape index (κ3) is 3.18. The fourth-order valence-electron chi connectivity index (χ4n) is 4.09. The summed E-state index contributed by atoms with van der Waals surface area (Å²) in [5.74, 6) is -0.0953. The van der Waals surface area contributed by atoms with Gasteiger partial charge < -0.3 is 15.1 Å². The van der Waals surface area contributed by atoms with Crippen LogP contribution >= 0.6 is 0 Å². The van der Waals surface area contributed by atoms with Crippen LogP contribution < -0.4 is 0 Å². The van der Waals surface area contributed by atoms with Crippen molar-refractivity contribution >= 4 is 5.91 Å². The van der Waals surface area contributed by atoms with Crippen LogP contribution in [-0.4, -0.2) is 65.3 Å². The zero-order valence-corrected chi connectivity index (χ0v) is 14.1. The quantitative estimate of drug-likeness (QED) is 0.865. The molecule has 1 aliphatic heterocycles. The number of likely N-dealkylation sites (N-methyl/N-ethyl adjacent to an activating group) is 1. The number of benzene rings is 1. The number of nitrogens with zero attached hydrogens (tertiary/aromatic N) is 2. The van der Waals surface area contributed by atoms with Gasteiger partial charge in [-0.2, -0.15) is 0 Å². The molecule has 1 saturated heterocycles. The van der Waals surface area contributed by atoms with Crippen molar-refractivity contribution < 1.29 is 19.4 Å². The summed E-state index contributed by atoms with van der Waals surface area (Å²) in [6.07, 6.45) is -0.390. The minimum absolute atomic E-state index is 0.122. The summed E-state index contributed by atoms with van der Waals surface area (Å²) in [5.41, 5.74) is 0.377. The molecule has 2 aliphatic rings. The van der Waals surface area contributed by atoms with E-state index in [1.54, 1.807) is 42.1 Å². The Morgan fingerprint density at radius 1 is 1.17 bits per heavy atom. The van der Waals surface area contributed by atoms with Gasteiger partial charge in [-0.15, -0.1) is 0 Å². The minimum atomic E-state index is -0.711. The second-order valence-corrected chi connectivity index (χ2v) is 7.26. The highest BCUT2D eigenvalue weighted by Gasteiger charge is 2.44. The van der Waals surface area contributed by atoms with E-state index in [1.165, 1.54) is 6.07 Å². The molecular formula is C18H25FN2O3. The number of amides is 1. The number of hydrogen-bond acceptors (Lipinski definition) is 4. The zero-order valence-electron chi connectivity index (χ0n) is 14.1. The molecule has 24 heavy (non-hydrogen) atoms. The van der Waals surface area contributed by atoms with Crippen molar-refractivity contribution in [3.05, 3.63) is 35.6 Å². The first-order chi connectivity index (χ1) is 11.4. The molecule has 0 spiro atoms. The van der Waals surface area contributed by atoms with Gasteiger partial charge >= 0.3 is 0 Å². The van der Waals surface area contributed by atoms with Gasteiger partial charge in [0.05, 0.1) is 12.2 Å². The molecule has 1 aromatic rings. The Balaban J connectivity index is 1.79. The van der Waals surface area contributed by atoms with Crippen molar-refractivity contribution in [2.45, 2.75) is 31.1 Å². The molecular weight excluding hydrogens is 311 g/mol. The van der Waals surface area contributed by atoms with Crippen LogP contribution in [-0.2, 0) is 4.79 Å². The number of carbonyl (C=O) groups is 1. The van der Waals surface area contributed by atoms with Crippen LogP contribution in [0, 0.1) is 17.7 Å². The largest absolute Gasteiger partial charge is 0.390 e. The Kier molecular flexibility index (Phi) is 4.90. The maximum Gasteiger partial charge on any atom is 0.244 e. The summed E-state index contributed by atoms with van der Waals surface area (Å²) < 4.78 is 14.2. The van der Waals surface area contributed by atoms with Crippen LogP contribution in [0.2, 0.25) is 0 Å². The minimum Gasteiger partial charge on any atom is -0.390 e. The Bertz CT molecular complexity index is 592. The zero-order chi connectivity index (χ0) is 17.4. The number of rotatable bonds is 3. The van der Waals surface area contributed by atoms with Crippen molar-refractivity contribution in [2.75, 3.05) is 27.2 Å². The van der Waals surface area contributed by atoms with Crippen molar-refractivity contribution in [1.82, 2.24) is 9.80 Å². The van der Waals surface area contributed by atoms with E-state index in [9.17, 15) is 19.4 Å². The van der Waals surface area contributed by atoms with E-state index in [0.29, 0.717) is 31.5 Å². The van der Waals surface area contributed by atoms with Crippen molar-refractivity contribution in [3.8, 4) is 0 Å². The van der Waals surface area contributed by atoms with Gasteiger partial charge in [0.25, 0.3) is 0 Å². The van der Waals surface area contributed by atoms with E-state index in [2.05, 4.69) is 0 Å². The van der Waals surface area contributed by atoms with E-state index in [1.807, 2.05) is 0 Å². The second kappa shape index (κ2) is 6.78. The molecule has 1 aliphatic carbocycles. The molecule has 2 fully saturated rings. The third-order valence-corrected chi connectivity index (χ3v) is 5.37. The van der Waals surface area contributed by atoms with Gasteiger partial charge in [-0.05, 0) is 44.8 Å². The molecule has 0 aromatic heterocycles. The Labute approximate surface area is 141 Å². The first-order valence-corrected chi connectivity index (χ1v) is 8.44. The normalized spacial score (nSPS) is 31.2. The van der Waals surface area contributed by atoms with Crippen LogP contribution in [0.1, 0.15) is 24.4 Å². The van der Waals surface area contributed by atoms with Crippen LogP contribution in [0.15, 0.2) is 24.3 Å². The summed E-state index contributed by atoms with van der Waals surface area (Å²) >= 11 is 0. The van der Waals surface area contributed by atoms with Gasteiger partial charge in [0.2, 0.25) is 5.91 Å². The number of likely N-dealkylation sites (tertiary alicyclic amines) is 1. The predicted octanol–water partition coefficient (Wildman–Crippen LogP) is 1.02. The fourth-order valence-corrected chi connectivity index (χ4v) is 4.09. The number of carbonyl (C=O) groups excluding carboxylic acids is 1. The lowest BCUT2D eigenvalue weighted by molar-refractivity contribution is -0.135.